The van der Waals surface area contributed by atoms with E-state index in [1.165, 1.54) is 16.7 Å². The van der Waals surface area contributed by atoms with Gasteiger partial charge in [0.2, 0.25) is 0 Å². The van der Waals surface area contributed by atoms with Crippen LogP contribution in [0.25, 0.3) is 11.3 Å². The lowest BCUT2D eigenvalue weighted by Crippen LogP contribution is -2.27. The lowest BCUT2D eigenvalue weighted by Gasteiger charge is -2.20. The Bertz CT molecular complexity index is 691. The van der Waals surface area contributed by atoms with Crippen molar-refractivity contribution in [3.05, 3.63) is 45.8 Å². The summed E-state index contributed by atoms with van der Waals surface area (Å²) < 4.78 is 20.7. The summed E-state index contributed by atoms with van der Waals surface area (Å²) >= 11 is 9.12. The van der Waals surface area contributed by atoms with Crippen molar-refractivity contribution in [1.29, 1.82) is 0 Å². The van der Waals surface area contributed by atoms with E-state index in [0.717, 1.165) is 0 Å². The summed E-state index contributed by atoms with van der Waals surface area (Å²) in [4.78, 5) is 12.2. The van der Waals surface area contributed by atoms with Crippen LogP contribution in [-0.2, 0) is 4.74 Å². The summed E-state index contributed by atoms with van der Waals surface area (Å²) in [7, 11) is 0. The van der Waals surface area contributed by atoms with Gasteiger partial charge in [-0.05, 0) is 61.0 Å². The zero-order chi connectivity index (χ0) is 15.8. The van der Waals surface area contributed by atoms with Gasteiger partial charge in [-0.1, -0.05) is 11.6 Å². The number of hydrogen-bond acceptors (Lipinski definition) is 2. The predicted molar refractivity (Wildman–Crippen MR) is 84.2 cm³/mol. The molecule has 0 bridgehead atoms. The lowest BCUT2D eigenvalue weighted by atomic mass is 10.1. The number of ether oxygens (including phenoxy) is 1. The maximum atomic E-state index is 13.3. The molecule has 0 amide bonds. The second kappa shape index (κ2) is 5.81. The standard InChI is InChI=1S/C15H14BrClFNO2/c1-15(2,3)21-14(20)19-8-10(16)7-13(19)9-4-5-12(18)11(17)6-9/h4-8H,1-3H3. The van der Waals surface area contributed by atoms with E-state index in [4.69, 9.17) is 16.3 Å². The highest BCUT2D eigenvalue weighted by molar-refractivity contribution is 9.10. The van der Waals surface area contributed by atoms with E-state index < -0.39 is 17.5 Å². The van der Waals surface area contributed by atoms with Gasteiger partial charge in [-0.15, -0.1) is 0 Å². The maximum absolute atomic E-state index is 13.3. The first-order valence-corrected chi connectivity index (χ1v) is 7.41. The first kappa shape index (κ1) is 16.0. The Morgan fingerprint density at radius 3 is 2.57 bits per heavy atom. The Balaban J connectivity index is 2.45. The first-order chi connectivity index (χ1) is 9.67. The normalized spacial score (nSPS) is 11.5. The zero-order valence-electron chi connectivity index (χ0n) is 11.8. The molecule has 0 fully saturated rings. The Morgan fingerprint density at radius 2 is 2.00 bits per heavy atom. The number of aromatic nitrogens is 1. The highest BCUT2D eigenvalue weighted by atomic mass is 79.9. The third kappa shape index (κ3) is 3.86. The molecule has 1 aromatic carbocycles. The van der Waals surface area contributed by atoms with Gasteiger partial charge >= 0.3 is 6.09 Å². The molecule has 0 saturated heterocycles. The average molecular weight is 375 g/mol. The summed E-state index contributed by atoms with van der Waals surface area (Å²) in [6.45, 7) is 5.37. The molecule has 112 valence electrons. The van der Waals surface area contributed by atoms with Crippen LogP contribution in [0.3, 0.4) is 0 Å². The van der Waals surface area contributed by atoms with Crippen molar-refractivity contribution >= 4 is 33.6 Å². The van der Waals surface area contributed by atoms with Crippen molar-refractivity contribution < 1.29 is 13.9 Å². The number of halogens is 3. The van der Waals surface area contributed by atoms with Gasteiger partial charge < -0.3 is 4.74 Å². The fraction of sp³-hybridized carbons (Fsp3) is 0.267. The van der Waals surface area contributed by atoms with E-state index in [1.54, 1.807) is 39.1 Å². The maximum Gasteiger partial charge on any atom is 0.419 e. The molecule has 3 nitrogen and oxygen atoms in total. The minimum Gasteiger partial charge on any atom is -0.443 e. The van der Waals surface area contributed by atoms with E-state index in [1.807, 2.05) is 0 Å². The molecule has 2 rings (SSSR count). The Kier molecular flexibility index (Phi) is 4.44. The van der Waals surface area contributed by atoms with Gasteiger partial charge in [0, 0.05) is 16.2 Å². The van der Waals surface area contributed by atoms with Crippen molar-refractivity contribution in [2.45, 2.75) is 26.4 Å². The smallest absolute Gasteiger partial charge is 0.419 e. The second-order valence-corrected chi connectivity index (χ2v) is 6.85. The molecule has 1 heterocycles. The van der Waals surface area contributed by atoms with Crippen LogP contribution in [0.2, 0.25) is 5.02 Å². The molecule has 0 aliphatic rings. The van der Waals surface area contributed by atoms with Crippen LogP contribution in [0.15, 0.2) is 34.9 Å². The SMILES string of the molecule is CC(C)(C)OC(=O)n1cc(Br)cc1-c1ccc(F)c(Cl)c1. The van der Waals surface area contributed by atoms with Gasteiger partial charge in [0.15, 0.2) is 0 Å². The monoisotopic (exact) mass is 373 g/mol. The average Bonchev–Trinajstić information content (AvgIpc) is 2.73. The van der Waals surface area contributed by atoms with E-state index in [-0.39, 0.29) is 5.02 Å². The quantitative estimate of drug-likeness (QED) is 0.660. The van der Waals surface area contributed by atoms with Gasteiger partial charge in [-0.25, -0.2) is 9.18 Å². The third-order valence-electron chi connectivity index (χ3n) is 2.59. The molecule has 21 heavy (non-hydrogen) atoms. The molecular weight excluding hydrogens is 361 g/mol. The molecule has 0 aliphatic carbocycles. The van der Waals surface area contributed by atoms with Crippen LogP contribution in [0.1, 0.15) is 20.8 Å². The fourth-order valence-electron chi connectivity index (χ4n) is 1.77. The number of carbonyl (C=O) groups excluding carboxylic acids is 1. The number of hydrogen-bond donors (Lipinski definition) is 0. The zero-order valence-corrected chi connectivity index (χ0v) is 14.1. The summed E-state index contributed by atoms with van der Waals surface area (Å²) in [6, 6.07) is 6.04. The largest absolute Gasteiger partial charge is 0.443 e. The summed E-state index contributed by atoms with van der Waals surface area (Å²) in [5.41, 5.74) is 0.585. The molecule has 0 N–H and O–H groups in total. The molecule has 2 aromatic rings. The lowest BCUT2D eigenvalue weighted by molar-refractivity contribution is 0.0540. The van der Waals surface area contributed by atoms with Crippen molar-refractivity contribution in [3.63, 3.8) is 0 Å². The summed E-state index contributed by atoms with van der Waals surface area (Å²) in [5, 5.41) is 0.000520. The minimum atomic E-state index is -0.606. The van der Waals surface area contributed by atoms with Crippen LogP contribution in [0.4, 0.5) is 9.18 Å². The van der Waals surface area contributed by atoms with E-state index in [2.05, 4.69) is 15.9 Å². The van der Waals surface area contributed by atoms with Gasteiger partial charge in [0.05, 0.1) is 10.7 Å². The first-order valence-electron chi connectivity index (χ1n) is 6.24. The van der Waals surface area contributed by atoms with Crippen LogP contribution in [0, 0.1) is 5.82 Å². The number of benzene rings is 1. The number of carbonyl (C=O) groups is 1. The molecule has 1 aromatic heterocycles. The molecule has 0 atom stereocenters. The molecule has 0 saturated carbocycles. The Hall–Kier alpha value is -1.33. The molecule has 0 spiro atoms. The van der Waals surface area contributed by atoms with E-state index >= 15 is 0 Å². The van der Waals surface area contributed by atoms with Crippen molar-refractivity contribution in [3.8, 4) is 11.3 Å². The van der Waals surface area contributed by atoms with Gasteiger partial charge in [-0.3, -0.25) is 4.57 Å². The molecular formula is C15H14BrClFNO2. The topological polar surface area (TPSA) is 31.2 Å². The van der Waals surface area contributed by atoms with Gasteiger partial charge in [0.1, 0.15) is 11.4 Å². The summed E-state index contributed by atoms with van der Waals surface area (Å²) in [6.07, 6.45) is 1.09. The fourth-order valence-corrected chi connectivity index (χ4v) is 2.37. The molecule has 6 heteroatoms. The highest BCUT2D eigenvalue weighted by Gasteiger charge is 2.21. The van der Waals surface area contributed by atoms with E-state index in [9.17, 15) is 9.18 Å². The Labute approximate surface area is 135 Å². The van der Waals surface area contributed by atoms with Crippen LogP contribution in [-0.4, -0.2) is 16.3 Å². The van der Waals surface area contributed by atoms with Gasteiger partial charge in [-0.2, -0.15) is 0 Å². The minimum absolute atomic E-state index is 0.000520. The van der Waals surface area contributed by atoms with E-state index in [0.29, 0.717) is 15.7 Å². The van der Waals surface area contributed by atoms with Gasteiger partial charge in [0.25, 0.3) is 0 Å². The molecule has 0 unspecified atom stereocenters. The summed E-state index contributed by atoms with van der Waals surface area (Å²) in [5.74, 6) is -0.505. The molecule has 0 radical (unpaired) electrons. The van der Waals surface area contributed by atoms with Crippen molar-refractivity contribution in [2.24, 2.45) is 0 Å². The third-order valence-corrected chi connectivity index (χ3v) is 3.32. The van der Waals surface area contributed by atoms with Crippen LogP contribution in [0.5, 0.6) is 0 Å². The second-order valence-electron chi connectivity index (χ2n) is 5.52. The van der Waals surface area contributed by atoms with Crippen LogP contribution >= 0.6 is 27.5 Å². The van der Waals surface area contributed by atoms with Crippen molar-refractivity contribution in [2.75, 3.05) is 0 Å². The molecule has 0 aliphatic heterocycles. The van der Waals surface area contributed by atoms with Crippen molar-refractivity contribution in [1.82, 2.24) is 4.57 Å². The number of nitrogens with zero attached hydrogens (tertiary/aromatic N) is 1. The number of rotatable bonds is 1. The highest BCUT2D eigenvalue weighted by Crippen LogP contribution is 2.29. The Morgan fingerprint density at radius 1 is 1.33 bits per heavy atom. The predicted octanol–water partition coefficient (Wildman–Crippen LogP) is 5.49. The van der Waals surface area contributed by atoms with Crippen LogP contribution < -0.4 is 0 Å².